The Bertz CT molecular complexity index is 1440. The van der Waals surface area contributed by atoms with E-state index in [0.717, 1.165) is 16.8 Å². The minimum absolute atomic E-state index is 0.0625. The molecule has 0 radical (unpaired) electrons. The molecule has 1 atom stereocenters. The molecule has 2 aromatic heterocycles. The second-order valence-corrected chi connectivity index (χ2v) is 7.97. The highest BCUT2D eigenvalue weighted by atomic mass is 16.4. The first-order valence-electron chi connectivity index (χ1n) is 10.9. The van der Waals surface area contributed by atoms with Gasteiger partial charge < -0.3 is 19.6 Å². The zero-order chi connectivity index (χ0) is 23.5. The van der Waals surface area contributed by atoms with Gasteiger partial charge in [-0.25, -0.2) is 4.98 Å². The summed E-state index contributed by atoms with van der Waals surface area (Å²) in [5.74, 6) is -1.10. The van der Waals surface area contributed by atoms with Gasteiger partial charge in [-0.05, 0) is 60.2 Å². The van der Waals surface area contributed by atoms with Crippen LogP contribution in [0.4, 0.5) is 5.69 Å². The first-order valence-corrected chi connectivity index (χ1v) is 10.9. The van der Waals surface area contributed by atoms with Gasteiger partial charge in [0.2, 0.25) is 0 Å². The quantitative estimate of drug-likeness (QED) is 0.359. The monoisotopic (exact) mass is 450 g/mol. The van der Waals surface area contributed by atoms with Crippen LogP contribution in [-0.4, -0.2) is 31.1 Å². The zero-order valence-electron chi connectivity index (χ0n) is 18.2. The molecule has 5 rings (SSSR count). The Balaban J connectivity index is 1.38. The van der Waals surface area contributed by atoms with Crippen LogP contribution in [0.3, 0.4) is 0 Å². The molecule has 0 saturated carbocycles. The van der Waals surface area contributed by atoms with Gasteiger partial charge >= 0.3 is 5.97 Å². The van der Waals surface area contributed by atoms with E-state index < -0.39 is 5.97 Å². The van der Waals surface area contributed by atoms with Crippen LogP contribution >= 0.6 is 0 Å². The van der Waals surface area contributed by atoms with Crippen molar-refractivity contribution in [2.24, 2.45) is 0 Å². The fourth-order valence-electron chi connectivity index (χ4n) is 4.07. The van der Waals surface area contributed by atoms with E-state index in [2.05, 4.69) is 10.3 Å². The maximum atomic E-state index is 12.8. The molecule has 34 heavy (non-hydrogen) atoms. The minimum atomic E-state index is -0.887. The average Bonchev–Trinajstić information content (AvgIpc) is 3.53. The second-order valence-electron chi connectivity index (χ2n) is 7.97. The summed E-state index contributed by atoms with van der Waals surface area (Å²) in [5.41, 5.74) is 4.50. The van der Waals surface area contributed by atoms with Gasteiger partial charge in [0.15, 0.2) is 0 Å². The molecule has 3 aromatic carbocycles. The van der Waals surface area contributed by atoms with E-state index in [4.69, 9.17) is 0 Å². The molecule has 0 aliphatic carbocycles. The van der Waals surface area contributed by atoms with Gasteiger partial charge in [0.1, 0.15) is 0 Å². The predicted octanol–water partition coefficient (Wildman–Crippen LogP) is 5.14. The van der Waals surface area contributed by atoms with Crippen molar-refractivity contribution >= 4 is 28.6 Å². The molecule has 7 nitrogen and oxygen atoms in total. The molecule has 1 unspecified atom stereocenters. The molecule has 168 valence electrons. The highest BCUT2D eigenvalue weighted by molar-refractivity contribution is 6.05. The first-order chi connectivity index (χ1) is 16.6. The zero-order valence-corrected chi connectivity index (χ0v) is 18.2. The van der Waals surface area contributed by atoms with Gasteiger partial charge in [-0.1, -0.05) is 30.3 Å². The van der Waals surface area contributed by atoms with Crippen molar-refractivity contribution in [1.82, 2.24) is 14.1 Å². The van der Waals surface area contributed by atoms with Crippen LogP contribution in [0.15, 0.2) is 104 Å². The van der Waals surface area contributed by atoms with Crippen LogP contribution in [0.1, 0.15) is 28.4 Å². The lowest BCUT2D eigenvalue weighted by atomic mass is 10.0. The standard InChI is InChI=1S/C27H22N4O3/c32-26(33)17-25(19-6-2-1-3-7-19)31-18-28-23-16-21(10-13-24(23)31)29-27(34)20-8-11-22(12-9-20)30-14-4-5-15-30/h1-16,18,25H,17H2,(H,29,34)(H,32,33). The molecule has 2 heterocycles. The number of hydrogen-bond acceptors (Lipinski definition) is 3. The summed E-state index contributed by atoms with van der Waals surface area (Å²) >= 11 is 0. The van der Waals surface area contributed by atoms with Crippen molar-refractivity contribution in [2.45, 2.75) is 12.5 Å². The van der Waals surface area contributed by atoms with Crippen LogP contribution < -0.4 is 5.32 Å². The Labute approximate surface area is 195 Å². The van der Waals surface area contributed by atoms with Crippen molar-refractivity contribution < 1.29 is 14.7 Å². The van der Waals surface area contributed by atoms with Crippen molar-refractivity contribution in [3.05, 3.63) is 115 Å². The number of carbonyl (C=O) groups excluding carboxylic acids is 1. The number of fused-ring (bicyclic) bond motifs is 1. The summed E-state index contributed by atoms with van der Waals surface area (Å²) < 4.78 is 3.84. The smallest absolute Gasteiger partial charge is 0.305 e. The SMILES string of the molecule is O=C(O)CC(c1ccccc1)n1cnc2cc(NC(=O)c3ccc(-n4cccc4)cc3)ccc21. The number of nitrogens with zero attached hydrogens (tertiary/aromatic N) is 3. The number of aliphatic carboxylic acids is 1. The summed E-state index contributed by atoms with van der Waals surface area (Å²) in [5, 5.41) is 12.4. The number of benzene rings is 3. The van der Waals surface area contributed by atoms with E-state index in [1.807, 2.05) is 82.2 Å². The Morgan fingerprint density at radius 3 is 2.35 bits per heavy atom. The summed E-state index contributed by atoms with van der Waals surface area (Å²) in [6.45, 7) is 0. The molecule has 1 amide bonds. The van der Waals surface area contributed by atoms with Gasteiger partial charge in [0.25, 0.3) is 5.91 Å². The molecule has 0 aliphatic rings. The number of hydrogen-bond donors (Lipinski definition) is 2. The summed E-state index contributed by atoms with van der Waals surface area (Å²) in [4.78, 5) is 28.8. The number of carbonyl (C=O) groups is 2. The van der Waals surface area contributed by atoms with Gasteiger partial charge in [-0.3, -0.25) is 9.59 Å². The first kappa shape index (κ1) is 21.2. The molecule has 2 N–H and O–H groups in total. The maximum Gasteiger partial charge on any atom is 0.305 e. The van der Waals surface area contributed by atoms with E-state index in [-0.39, 0.29) is 18.4 Å². The fraction of sp³-hybridized carbons (Fsp3) is 0.0741. The Kier molecular flexibility index (Phi) is 5.66. The second kappa shape index (κ2) is 9.07. The van der Waals surface area contributed by atoms with E-state index in [0.29, 0.717) is 16.8 Å². The third-order valence-electron chi connectivity index (χ3n) is 5.75. The van der Waals surface area contributed by atoms with Gasteiger partial charge in [0, 0.05) is 29.3 Å². The average molecular weight is 450 g/mol. The molecule has 0 fully saturated rings. The molecule has 0 saturated heterocycles. The Hall–Kier alpha value is -4.65. The van der Waals surface area contributed by atoms with Crippen molar-refractivity contribution in [3.8, 4) is 5.69 Å². The van der Waals surface area contributed by atoms with Crippen LogP contribution in [0.2, 0.25) is 0 Å². The predicted molar refractivity (Wildman–Crippen MR) is 130 cm³/mol. The topological polar surface area (TPSA) is 89.2 Å². The molecule has 0 aliphatic heterocycles. The maximum absolute atomic E-state index is 12.8. The van der Waals surface area contributed by atoms with E-state index in [1.54, 1.807) is 30.6 Å². The van der Waals surface area contributed by atoms with Gasteiger partial charge in [-0.15, -0.1) is 0 Å². The lowest BCUT2D eigenvalue weighted by Crippen LogP contribution is -2.14. The molecular formula is C27H22N4O3. The van der Waals surface area contributed by atoms with Gasteiger partial charge in [0.05, 0.1) is 29.8 Å². The van der Waals surface area contributed by atoms with E-state index in [9.17, 15) is 14.7 Å². The highest BCUT2D eigenvalue weighted by Crippen LogP contribution is 2.28. The normalized spacial score (nSPS) is 11.9. The minimum Gasteiger partial charge on any atom is -0.481 e. The van der Waals surface area contributed by atoms with Gasteiger partial charge in [-0.2, -0.15) is 0 Å². The number of carboxylic acids is 1. The third kappa shape index (κ3) is 4.31. The van der Waals surface area contributed by atoms with Crippen LogP contribution in [0, 0.1) is 0 Å². The molecule has 5 aromatic rings. The molecule has 0 bridgehead atoms. The molecule has 0 spiro atoms. The lowest BCUT2D eigenvalue weighted by Gasteiger charge is -2.18. The van der Waals surface area contributed by atoms with Crippen molar-refractivity contribution in [1.29, 1.82) is 0 Å². The largest absolute Gasteiger partial charge is 0.481 e. The Morgan fingerprint density at radius 2 is 1.65 bits per heavy atom. The van der Waals surface area contributed by atoms with E-state index >= 15 is 0 Å². The fourth-order valence-corrected chi connectivity index (χ4v) is 4.07. The van der Waals surface area contributed by atoms with Crippen molar-refractivity contribution in [2.75, 3.05) is 5.32 Å². The Morgan fingerprint density at radius 1 is 0.912 bits per heavy atom. The van der Waals surface area contributed by atoms with E-state index in [1.165, 1.54) is 0 Å². The number of anilines is 1. The van der Waals surface area contributed by atoms with Crippen molar-refractivity contribution in [3.63, 3.8) is 0 Å². The lowest BCUT2D eigenvalue weighted by molar-refractivity contribution is -0.137. The van der Waals surface area contributed by atoms with Crippen LogP contribution in [0.25, 0.3) is 16.7 Å². The number of imidazole rings is 1. The number of rotatable bonds is 7. The number of nitrogens with one attached hydrogen (secondary N) is 1. The summed E-state index contributed by atoms with van der Waals surface area (Å²) in [7, 11) is 0. The third-order valence-corrected chi connectivity index (χ3v) is 5.75. The summed E-state index contributed by atoms with van der Waals surface area (Å²) in [6, 6.07) is 25.8. The molecular weight excluding hydrogens is 428 g/mol. The number of amides is 1. The molecule has 7 heteroatoms. The highest BCUT2D eigenvalue weighted by Gasteiger charge is 2.20. The number of carboxylic acid groups (broad SMARTS) is 1. The summed E-state index contributed by atoms with van der Waals surface area (Å²) in [6.07, 6.45) is 5.48. The van der Waals surface area contributed by atoms with Crippen LogP contribution in [-0.2, 0) is 4.79 Å². The number of aromatic nitrogens is 3. The van der Waals surface area contributed by atoms with Crippen LogP contribution in [0.5, 0.6) is 0 Å².